The van der Waals surface area contributed by atoms with E-state index in [9.17, 15) is 9.59 Å². The Bertz CT molecular complexity index is 756. The highest BCUT2D eigenvalue weighted by Gasteiger charge is 2.27. The number of hydrogen-bond donors (Lipinski definition) is 1. The lowest BCUT2D eigenvalue weighted by atomic mass is 9.94. The SMILES string of the molecule is Cc1cccc(C(=O)N2CCC[C@H](c3ccn(CC(=O)O)n3)C2)n1. The highest BCUT2D eigenvalue weighted by molar-refractivity contribution is 5.92. The van der Waals surface area contributed by atoms with E-state index in [0.717, 1.165) is 24.2 Å². The number of aromatic nitrogens is 3. The van der Waals surface area contributed by atoms with Crippen molar-refractivity contribution in [2.75, 3.05) is 13.1 Å². The lowest BCUT2D eigenvalue weighted by molar-refractivity contribution is -0.137. The summed E-state index contributed by atoms with van der Waals surface area (Å²) in [6, 6.07) is 7.28. The summed E-state index contributed by atoms with van der Waals surface area (Å²) in [7, 11) is 0. The largest absolute Gasteiger partial charge is 0.480 e. The van der Waals surface area contributed by atoms with Crippen molar-refractivity contribution >= 4 is 11.9 Å². The van der Waals surface area contributed by atoms with E-state index in [-0.39, 0.29) is 18.4 Å². The predicted molar refractivity (Wildman–Crippen MR) is 86.7 cm³/mol. The molecule has 2 aromatic rings. The number of pyridine rings is 1. The van der Waals surface area contributed by atoms with Gasteiger partial charge >= 0.3 is 5.97 Å². The zero-order chi connectivity index (χ0) is 17.1. The zero-order valence-electron chi connectivity index (χ0n) is 13.6. The molecule has 0 bridgehead atoms. The van der Waals surface area contributed by atoms with Crippen molar-refractivity contribution in [1.29, 1.82) is 0 Å². The Balaban J connectivity index is 1.71. The summed E-state index contributed by atoms with van der Waals surface area (Å²) in [4.78, 5) is 29.5. The third kappa shape index (κ3) is 3.61. The minimum absolute atomic E-state index is 0.0617. The van der Waals surface area contributed by atoms with Gasteiger partial charge in [-0.1, -0.05) is 6.07 Å². The van der Waals surface area contributed by atoms with E-state index in [1.807, 2.05) is 30.0 Å². The van der Waals surface area contributed by atoms with Crippen LogP contribution in [0.2, 0.25) is 0 Å². The fraction of sp³-hybridized carbons (Fsp3) is 0.412. The van der Waals surface area contributed by atoms with Crippen LogP contribution in [0.5, 0.6) is 0 Å². The quantitative estimate of drug-likeness (QED) is 0.922. The van der Waals surface area contributed by atoms with Gasteiger partial charge in [-0.3, -0.25) is 14.3 Å². The van der Waals surface area contributed by atoms with Crippen molar-refractivity contribution in [2.24, 2.45) is 0 Å². The van der Waals surface area contributed by atoms with Gasteiger partial charge in [-0.15, -0.1) is 0 Å². The molecule has 24 heavy (non-hydrogen) atoms. The molecule has 0 aromatic carbocycles. The Hall–Kier alpha value is -2.70. The third-order valence-electron chi connectivity index (χ3n) is 4.19. The molecule has 0 spiro atoms. The number of carbonyl (C=O) groups is 2. The average molecular weight is 328 g/mol. The molecule has 0 saturated carbocycles. The van der Waals surface area contributed by atoms with Crippen LogP contribution in [-0.2, 0) is 11.3 Å². The highest BCUT2D eigenvalue weighted by atomic mass is 16.4. The maximum atomic E-state index is 12.6. The van der Waals surface area contributed by atoms with Crippen LogP contribution >= 0.6 is 0 Å². The van der Waals surface area contributed by atoms with E-state index in [4.69, 9.17) is 5.11 Å². The van der Waals surface area contributed by atoms with E-state index in [1.54, 1.807) is 12.3 Å². The fourth-order valence-electron chi connectivity index (χ4n) is 3.05. The Morgan fingerprint density at radius 2 is 2.17 bits per heavy atom. The molecular formula is C17H20N4O3. The van der Waals surface area contributed by atoms with E-state index in [1.165, 1.54) is 4.68 Å². The standard InChI is InChI=1S/C17H20N4O3/c1-12-4-2-6-15(18-12)17(24)20-8-3-5-13(10-20)14-7-9-21(19-14)11-16(22)23/h2,4,6-7,9,13H,3,5,8,10-11H2,1H3,(H,22,23)/t13-/m0/s1. The summed E-state index contributed by atoms with van der Waals surface area (Å²) in [5.41, 5.74) is 2.12. The first kappa shape index (κ1) is 16.2. The topological polar surface area (TPSA) is 88.3 Å². The second kappa shape index (κ2) is 6.82. The summed E-state index contributed by atoms with van der Waals surface area (Å²) in [6.45, 7) is 3.01. The van der Waals surface area contributed by atoms with Gasteiger partial charge in [-0.05, 0) is 38.0 Å². The summed E-state index contributed by atoms with van der Waals surface area (Å²) in [6.07, 6.45) is 3.51. The van der Waals surface area contributed by atoms with E-state index in [0.29, 0.717) is 18.8 Å². The number of rotatable bonds is 4. The number of nitrogens with zero attached hydrogens (tertiary/aromatic N) is 4. The Morgan fingerprint density at radius 1 is 1.33 bits per heavy atom. The van der Waals surface area contributed by atoms with Crippen molar-refractivity contribution < 1.29 is 14.7 Å². The van der Waals surface area contributed by atoms with Crippen molar-refractivity contribution in [2.45, 2.75) is 32.2 Å². The zero-order valence-corrected chi connectivity index (χ0v) is 13.6. The number of aliphatic carboxylic acids is 1. The van der Waals surface area contributed by atoms with Gasteiger partial charge in [0.25, 0.3) is 5.91 Å². The maximum Gasteiger partial charge on any atom is 0.325 e. The van der Waals surface area contributed by atoms with E-state index < -0.39 is 5.97 Å². The molecule has 7 heteroatoms. The monoisotopic (exact) mass is 328 g/mol. The number of likely N-dealkylation sites (tertiary alicyclic amines) is 1. The third-order valence-corrected chi connectivity index (χ3v) is 4.19. The molecule has 1 saturated heterocycles. The molecule has 1 N–H and O–H groups in total. The van der Waals surface area contributed by atoms with E-state index in [2.05, 4.69) is 10.1 Å². The van der Waals surface area contributed by atoms with Gasteiger partial charge in [0, 0.05) is 30.9 Å². The number of amides is 1. The minimum Gasteiger partial charge on any atom is -0.480 e. The number of carbonyl (C=O) groups excluding carboxylic acids is 1. The molecule has 1 atom stereocenters. The normalized spacial score (nSPS) is 17.7. The predicted octanol–water partition coefficient (Wildman–Crippen LogP) is 1.69. The number of aryl methyl sites for hydroxylation is 1. The molecule has 1 aliphatic rings. The van der Waals surface area contributed by atoms with Gasteiger partial charge in [-0.25, -0.2) is 4.98 Å². The fourth-order valence-corrected chi connectivity index (χ4v) is 3.05. The van der Waals surface area contributed by atoms with Crippen LogP contribution in [0.15, 0.2) is 30.5 Å². The van der Waals surface area contributed by atoms with Crippen LogP contribution in [-0.4, -0.2) is 49.7 Å². The number of piperidine rings is 1. The first-order valence-corrected chi connectivity index (χ1v) is 8.01. The lowest BCUT2D eigenvalue weighted by Gasteiger charge is -2.31. The first-order chi connectivity index (χ1) is 11.5. The molecule has 1 amide bonds. The van der Waals surface area contributed by atoms with Gasteiger partial charge in [0.2, 0.25) is 0 Å². The molecule has 0 radical (unpaired) electrons. The average Bonchev–Trinajstić information content (AvgIpc) is 3.02. The molecule has 1 fully saturated rings. The number of carboxylic acids is 1. The molecule has 0 aliphatic carbocycles. The Morgan fingerprint density at radius 3 is 2.92 bits per heavy atom. The van der Waals surface area contributed by atoms with Gasteiger partial charge in [0.15, 0.2) is 0 Å². The summed E-state index contributed by atoms with van der Waals surface area (Å²) < 4.78 is 1.42. The minimum atomic E-state index is -0.921. The molecule has 3 heterocycles. The summed E-state index contributed by atoms with van der Waals surface area (Å²) >= 11 is 0. The number of carboxylic acid groups (broad SMARTS) is 1. The van der Waals surface area contributed by atoms with E-state index >= 15 is 0 Å². The van der Waals surface area contributed by atoms with Crippen molar-refractivity contribution in [3.05, 3.63) is 47.5 Å². The molecule has 2 aromatic heterocycles. The second-order valence-electron chi connectivity index (χ2n) is 6.09. The van der Waals surface area contributed by atoms with Crippen molar-refractivity contribution in [3.63, 3.8) is 0 Å². The summed E-state index contributed by atoms with van der Waals surface area (Å²) in [5.74, 6) is -0.855. The maximum absolute atomic E-state index is 12.6. The number of hydrogen-bond acceptors (Lipinski definition) is 4. The summed E-state index contributed by atoms with van der Waals surface area (Å²) in [5, 5.41) is 13.2. The van der Waals surface area contributed by atoms with Crippen molar-refractivity contribution in [1.82, 2.24) is 19.7 Å². The van der Waals surface area contributed by atoms with Crippen LogP contribution < -0.4 is 0 Å². The highest BCUT2D eigenvalue weighted by Crippen LogP contribution is 2.26. The Labute approximate surface area is 139 Å². The molecule has 3 rings (SSSR count). The van der Waals surface area contributed by atoms with Crippen LogP contribution in [0.1, 0.15) is 40.6 Å². The van der Waals surface area contributed by atoms with Crippen LogP contribution in [0.25, 0.3) is 0 Å². The molecule has 0 unspecified atom stereocenters. The first-order valence-electron chi connectivity index (χ1n) is 8.01. The van der Waals surface area contributed by atoms with Crippen LogP contribution in [0.4, 0.5) is 0 Å². The van der Waals surface area contributed by atoms with Gasteiger partial charge in [0.1, 0.15) is 12.2 Å². The second-order valence-corrected chi connectivity index (χ2v) is 6.09. The molecule has 1 aliphatic heterocycles. The van der Waals surface area contributed by atoms with Crippen LogP contribution in [0.3, 0.4) is 0 Å². The van der Waals surface area contributed by atoms with Gasteiger partial charge < -0.3 is 10.0 Å². The lowest BCUT2D eigenvalue weighted by Crippen LogP contribution is -2.39. The molecular weight excluding hydrogens is 308 g/mol. The van der Waals surface area contributed by atoms with Gasteiger partial charge in [-0.2, -0.15) is 5.10 Å². The molecule has 126 valence electrons. The van der Waals surface area contributed by atoms with Crippen LogP contribution in [0, 0.1) is 6.92 Å². The smallest absolute Gasteiger partial charge is 0.325 e. The Kier molecular flexibility index (Phi) is 4.59. The van der Waals surface area contributed by atoms with Gasteiger partial charge in [0.05, 0.1) is 5.69 Å². The molecule has 7 nitrogen and oxygen atoms in total. The van der Waals surface area contributed by atoms with Crippen molar-refractivity contribution in [3.8, 4) is 0 Å².